The number of aromatic nitrogens is 1. The first-order chi connectivity index (χ1) is 11.5. The summed E-state index contributed by atoms with van der Waals surface area (Å²) in [5, 5.41) is 2.62. The molecule has 0 radical (unpaired) electrons. The van der Waals surface area contributed by atoms with Crippen molar-refractivity contribution in [2.75, 3.05) is 6.54 Å². The summed E-state index contributed by atoms with van der Waals surface area (Å²) in [6.45, 7) is 0.248. The number of rotatable bonds is 5. The maximum absolute atomic E-state index is 12.7. The number of pyridine rings is 1. The highest BCUT2D eigenvalue weighted by atomic mass is 19.4. The normalized spacial score (nSPS) is 17.8. The van der Waals surface area contributed by atoms with Gasteiger partial charge in [0.1, 0.15) is 0 Å². The molecule has 1 aromatic rings. The molecule has 24 heavy (non-hydrogen) atoms. The van der Waals surface area contributed by atoms with Crippen molar-refractivity contribution < 1.29 is 18.0 Å². The van der Waals surface area contributed by atoms with Gasteiger partial charge in [0.15, 0.2) is 0 Å². The number of carbonyl (C=O) groups excluding carboxylic acids is 1. The Morgan fingerprint density at radius 3 is 2.79 bits per heavy atom. The number of halogens is 3. The summed E-state index contributed by atoms with van der Waals surface area (Å²) in [6, 6.07) is 1.79. The molecule has 1 aromatic heterocycles. The van der Waals surface area contributed by atoms with Crippen LogP contribution in [-0.4, -0.2) is 36.2 Å². The fraction of sp³-hybridized carbons (Fsp3) is 0.375. The van der Waals surface area contributed by atoms with E-state index in [9.17, 15) is 18.0 Å². The molecule has 1 aliphatic carbocycles. The van der Waals surface area contributed by atoms with Crippen LogP contribution in [0.5, 0.6) is 0 Å². The van der Waals surface area contributed by atoms with E-state index in [0.717, 1.165) is 30.2 Å². The topological polar surface area (TPSA) is 66.7 Å². The first-order valence-corrected chi connectivity index (χ1v) is 7.51. The van der Waals surface area contributed by atoms with Gasteiger partial charge in [-0.15, -0.1) is 0 Å². The quantitative estimate of drug-likeness (QED) is 0.840. The van der Waals surface area contributed by atoms with E-state index in [0.29, 0.717) is 30.1 Å². The average Bonchev–Trinajstić information content (AvgIpc) is 3.37. The van der Waals surface area contributed by atoms with Crippen LogP contribution < -0.4 is 5.32 Å². The molecule has 1 aliphatic heterocycles. The summed E-state index contributed by atoms with van der Waals surface area (Å²) in [6.07, 6.45) is 2.65. The van der Waals surface area contributed by atoms with E-state index in [2.05, 4.69) is 20.3 Å². The number of hydrogen-bond donors (Lipinski definition) is 1. The van der Waals surface area contributed by atoms with Crippen LogP contribution in [0.2, 0.25) is 0 Å². The molecule has 2 aliphatic rings. The third-order valence-electron chi connectivity index (χ3n) is 3.84. The summed E-state index contributed by atoms with van der Waals surface area (Å²) in [5.41, 5.74) is 2.99. The highest BCUT2D eigenvalue weighted by Gasteiger charge is 2.36. The smallest absolute Gasteiger partial charge is 0.355 e. The number of carbonyl (C=O) groups is 1. The maximum atomic E-state index is 12.7. The molecule has 0 atom stereocenters. The summed E-state index contributed by atoms with van der Waals surface area (Å²) >= 11 is 0. The minimum atomic E-state index is -4.57. The molecule has 126 valence electrons. The molecule has 1 N–H and O–H groups in total. The van der Waals surface area contributed by atoms with Crippen LogP contribution in [0, 0.1) is 0 Å². The van der Waals surface area contributed by atoms with Gasteiger partial charge in [-0.25, -0.2) is 4.99 Å². The number of amidine groups is 1. The Labute approximate surface area is 136 Å². The average molecular weight is 336 g/mol. The standard InChI is InChI=1S/C16H15F3N4O/c17-16(18,19)15-21-4-3-11(7-23-15)14-5-12(6-20-9-24)13(8-22-14)10-1-2-10/h3,5,7-10H,1-2,4,6H2,(H,20,24). The number of allylic oxidation sites excluding steroid dienone is 1. The second kappa shape index (κ2) is 6.54. The predicted molar refractivity (Wildman–Crippen MR) is 83.9 cm³/mol. The monoisotopic (exact) mass is 336 g/mol. The molecule has 3 rings (SSSR count). The highest BCUT2D eigenvalue weighted by Crippen LogP contribution is 2.41. The molecule has 0 unspecified atom stereocenters. The first-order valence-electron chi connectivity index (χ1n) is 7.51. The van der Waals surface area contributed by atoms with E-state index in [1.54, 1.807) is 18.3 Å². The Bertz CT molecular complexity index is 733. The number of hydrogen-bond acceptors (Lipinski definition) is 4. The van der Waals surface area contributed by atoms with E-state index in [1.807, 2.05) is 0 Å². The van der Waals surface area contributed by atoms with Gasteiger partial charge in [0.25, 0.3) is 0 Å². The van der Waals surface area contributed by atoms with Crippen molar-refractivity contribution in [1.82, 2.24) is 10.3 Å². The summed E-state index contributed by atoms with van der Waals surface area (Å²) in [7, 11) is 0. The van der Waals surface area contributed by atoms with E-state index < -0.39 is 12.0 Å². The zero-order valence-corrected chi connectivity index (χ0v) is 12.7. The molecule has 0 spiro atoms. The SMILES string of the molecule is O=CNCc1cc(C2=CCN=C(C(F)(F)F)N=C2)ncc1C1CC1. The molecule has 0 aromatic carbocycles. The van der Waals surface area contributed by atoms with Gasteiger partial charge < -0.3 is 5.32 Å². The van der Waals surface area contributed by atoms with Gasteiger partial charge in [-0.3, -0.25) is 14.8 Å². The lowest BCUT2D eigenvalue weighted by atomic mass is 10.0. The van der Waals surface area contributed by atoms with Crippen molar-refractivity contribution in [3.05, 3.63) is 35.2 Å². The third kappa shape index (κ3) is 3.69. The Kier molecular flexibility index (Phi) is 4.46. The molecule has 8 heteroatoms. The number of aliphatic imine (C=N–C) groups is 2. The van der Waals surface area contributed by atoms with Crippen molar-refractivity contribution in [2.45, 2.75) is 31.5 Å². The van der Waals surface area contributed by atoms with E-state index in [-0.39, 0.29) is 6.54 Å². The van der Waals surface area contributed by atoms with Crippen LogP contribution in [0.15, 0.2) is 28.3 Å². The molecular weight excluding hydrogens is 321 g/mol. The lowest BCUT2D eigenvalue weighted by Gasteiger charge is -2.10. The molecule has 0 saturated heterocycles. The zero-order chi connectivity index (χ0) is 17.2. The molecule has 0 bridgehead atoms. The van der Waals surface area contributed by atoms with Crippen LogP contribution >= 0.6 is 0 Å². The fourth-order valence-electron chi connectivity index (χ4n) is 2.52. The van der Waals surface area contributed by atoms with Crippen molar-refractivity contribution in [1.29, 1.82) is 0 Å². The molecule has 1 saturated carbocycles. The van der Waals surface area contributed by atoms with Gasteiger partial charge in [-0.1, -0.05) is 6.08 Å². The number of alkyl halides is 3. The van der Waals surface area contributed by atoms with Crippen LogP contribution in [0.1, 0.15) is 35.6 Å². The maximum Gasteiger partial charge on any atom is 0.451 e. The molecule has 1 fully saturated rings. The zero-order valence-electron chi connectivity index (χ0n) is 12.7. The van der Waals surface area contributed by atoms with E-state index >= 15 is 0 Å². The summed E-state index contributed by atoms with van der Waals surface area (Å²) in [4.78, 5) is 21.8. The van der Waals surface area contributed by atoms with E-state index in [4.69, 9.17) is 0 Å². The highest BCUT2D eigenvalue weighted by molar-refractivity contribution is 6.14. The van der Waals surface area contributed by atoms with Crippen LogP contribution in [0.25, 0.3) is 5.57 Å². The summed E-state index contributed by atoms with van der Waals surface area (Å²) in [5.74, 6) is -0.696. The van der Waals surface area contributed by atoms with Crippen molar-refractivity contribution in [3.63, 3.8) is 0 Å². The Morgan fingerprint density at radius 2 is 2.12 bits per heavy atom. The number of nitrogens with zero attached hydrogens (tertiary/aromatic N) is 3. The van der Waals surface area contributed by atoms with Crippen LogP contribution in [0.3, 0.4) is 0 Å². The van der Waals surface area contributed by atoms with Gasteiger partial charge in [0, 0.05) is 24.5 Å². The Morgan fingerprint density at radius 1 is 1.33 bits per heavy atom. The van der Waals surface area contributed by atoms with Gasteiger partial charge in [0.2, 0.25) is 12.2 Å². The Hall–Kier alpha value is -2.51. The van der Waals surface area contributed by atoms with Crippen molar-refractivity contribution in [3.8, 4) is 0 Å². The molecule has 1 amide bonds. The van der Waals surface area contributed by atoms with Crippen molar-refractivity contribution >= 4 is 24.0 Å². The first kappa shape index (κ1) is 16.4. The van der Waals surface area contributed by atoms with E-state index in [1.165, 1.54) is 0 Å². The van der Waals surface area contributed by atoms with Gasteiger partial charge in [-0.2, -0.15) is 13.2 Å². The minimum Gasteiger partial charge on any atom is -0.355 e. The van der Waals surface area contributed by atoms with Gasteiger partial charge in [0.05, 0.1) is 12.2 Å². The van der Waals surface area contributed by atoms with Gasteiger partial charge in [-0.05, 0) is 36.0 Å². The lowest BCUT2D eigenvalue weighted by Crippen LogP contribution is -2.21. The predicted octanol–water partition coefficient (Wildman–Crippen LogP) is 2.63. The molecule has 5 nitrogen and oxygen atoms in total. The lowest BCUT2D eigenvalue weighted by molar-refractivity contribution is -0.109. The molecule has 2 heterocycles. The van der Waals surface area contributed by atoms with Crippen molar-refractivity contribution in [2.24, 2.45) is 9.98 Å². The largest absolute Gasteiger partial charge is 0.451 e. The number of nitrogens with one attached hydrogen (secondary N) is 1. The summed E-state index contributed by atoms with van der Waals surface area (Å²) < 4.78 is 38.0. The minimum absolute atomic E-state index is 0.113. The van der Waals surface area contributed by atoms with Crippen LogP contribution in [0.4, 0.5) is 13.2 Å². The van der Waals surface area contributed by atoms with Gasteiger partial charge >= 0.3 is 6.18 Å². The fourth-order valence-corrected chi connectivity index (χ4v) is 2.52. The third-order valence-corrected chi connectivity index (χ3v) is 3.84. The molecular formula is C16H15F3N4O. The second-order valence-electron chi connectivity index (χ2n) is 5.62. The second-order valence-corrected chi connectivity index (χ2v) is 5.62. The number of amides is 1. The Balaban J connectivity index is 1.87. The van der Waals surface area contributed by atoms with Crippen LogP contribution in [-0.2, 0) is 11.3 Å².